The first-order chi connectivity index (χ1) is 12.5. The summed E-state index contributed by atoms with van der Waals surface area (Å²) in [5, 5.41) is 9.22. The van der Waals surface area contributed by atoms with Crippen LogP contribution in [-0.2, 0) is 4.79 Å². The molecule has 0 aliphatic carbocycles. The normalized spacial score (nSPS) is 10.5. The molecule has 0 saturated carbocycles. The second-order valence-electron chi connectivity index (χ2n) is 4.74. The standard InChI is InChI=1S/C14H12N6O3S3/c15-10-9(18-11(22)7-2-1-4-24-7)12(23)20-14(19-10)26-6-8(21)17-13-16-3-5-25-13/h1-5H,6H2,(H,18,22)(H,16,17,21)(H3,15,19,20,23). The highest BCUT2D eigenvalue weighted by Crippen LogP contribution is 2.19. The number of amides is 2. The number of nitrogens with zero attached hydrogens (tertiary/aromatic N) is 2. The van der Waals surface area contributed by atoms with Crippen LogP contribution >= 0.6 is 34.4 Å². The van der Waals surface area contributed by atoms with Gasteiger partial charge in [-0.15, -0.1) is 22.7 Å². The molecule has 3 rings (SSSR count). The number of nitrogens with one attached hydrogen (secondary N) is 3. The molecule has 26 heavy (non-hydrogen) atoms. The Morgan fingerprint density at radius 2 is 2.12 bits per heavy atom. The maximum absolute atomic E-state index is 12.2. The van der Waals surface area contributed by atoms with Crippen LogP contribution in [0.25, 0.3) is 0 Å². The fourth-order valence-electron chi connectivity index (χ4n) is 1.82. The van der Waals surface area contributed by atoms with Gasteiger partial charge in [0.2, 0.25) is 5.91 Å². The lowest BCUT2D eigenvalue weighted by molar-refractivity contribution is -0.113. The van der Waals surface area contributed by atoms with Crippen molar-refractivity contribution in [3.63, 3.8) is 0 Å². The highest BCUT2D eigenvalue weighted by Gasteiger charge is 2.15. The largest absolute Gasteiger partial charge is 0.382 e. The van der Waals surface area contributed by atoms with Gasteiger partial charge >= 0.3 is 0 Å². The number of aromatic nitrogens is 3. The summed E-state index contributed by atoms with van der Waals surface area (Å²) in [5.41, 5.74) is 5.06. The average molecular weight is 408 g/mol. The van der Waals surface area contributed by atoms with Gasteiger partial charge in [0, 0.05) is 11.6 Å². The summed E-state index contributed by atoms with van der Waals surface area (Å²) in [6.07, 6.45) is 1.58. The van der Waals surface area contributed by atoms with Crippen molar-refractivity contribution in [2.75, 3.05) is 22.1 Å². The topological polar surface area (TPSA) is 143 Å². The van der Waals surface area contributed by atoms with Gasteiger partial charge in [-0.1, -0.05) is 17.8 Å². The number of thioether (sulfide) groups is 1. The number of nitrogen functional groups attached to an aromatic ring is 1. The summed E-state index contributed by atoms with van der Waals surface area (Å²) < 4.78 is 0. The molecule has 0 aliphatic rings. The number of carbonyl (C=O) groups excluding carboxylic acids is 2. The predicted octanol–water partition coefficient (Wildman–Crippen LogP) is 1.85. The van der Waals surface area contributed by atoms with Gasteiger partial charge in [0.15, 0.2) is 21.8 Å². The molecule has 3 heterocycles. The van der Waals surface area contributed by atoms with Gasteiger partial charge < -0.3 is 16.4 Å². The SMILES string of the molecule is Nc1nc(SCC(=O)Nc2nccs2)[nH]c(=O)c1NC(=O)c1cccs1. The van der Waals surface area contributed by atoms with E-state index in [1.54, 1.807) is 29.1 Å². The van der Waals surface area contributed by atoms with Gasteiger partial charge in [0.05, 0.1) is 10.6 Å². The van der Waals surface area contributed by atoms with Gasteiger partial charge in [-0.3, -0.25) is 19.4 Å². The average Bonchev–Trinajstić information content (AvgIpc) is 3.29. The zero-order valence-electron chi connectivity index (χ0n) is 13.0. The molecule has 0 fully saturated rings. The van der Waals surface area contributed by atoms with E-state index in [4.69, 9.17) is 5.73 Å². The number of anilines is 3. The quantitative estimate of drug-likeness (QED) is 0.360. The van der Waals surface area contributed by atoms with E-state index in [9.17, 15) is 14.4 Å². The fraction of sp³-hybridized carbons (Fsp3) is 0.0714. The first kappa shape index (κ1) is 18.1. The number of thiazole rings is 1. The lowest BCUT2D eigenvalue weighted by Gasteiger charge is -2.07. The maximum Gasteiger partial charge on any atom is 0.277 e. The van der Waals surface area contributed by atoms with Crippen molar-refractivity contribution < 1.29 is 9.59 Å². The summed E-state index contributed by atoms with van der Waals surface area (Å²) in [4.78, 5) is 46.9. The van der Waals surface area contributed by atoms with Crippen LogP contribution < -0.4 is 21.9 Å². The van der Waals surface area contributed by atoms with Gasteiger partial charge in [0.25, 0.3) is 11.5 Å². The third kappa shape index (κ3) is 4.47. The highest BCUT2D eigenvalue weighted by atomic mass is 32.2. The van der Waals surface area contributed by atoms with E-state index in [1.807, 2.05) is 0 Å². The number of hydrogen-bond acceptors (Lipinski definition) is 9. The van der Waals surface area contributed by atoms with Crippen LogP contribution in [0.3, 0.4) is 0 Å². The van der Waals surface area contributed by atoms with E-state index in [0.29, 0.717) is 10.0 Å². The van der Waals surface area contributed by atoms with Crippen LogP contribution in [0.4, 0.5) is 16.6 Å². The third-order valence-corrected chi connectivity index (χ3v) is 5.36. The molecule has 5 N–H and O–H groups in total. The Bertz CT molecular complexity index is 968. The molecule has 3 aromatic rings. The minimum Gasteiger partial charge on any atom is -0.382 e. The molecule has 3 aromatic heterocycles. The molecule has 12 heteroatoms. The number of carbonyl (C=O) groups is 2. The summed E-state index contributed by atoms with van der Waals surface area (Å²) >= 11 is 3.55. The lowest BCUT2D eigenvalue weighted by atomic mass is 10.4. The van der Waals surface area contributed by atoms with Crippen molar-refractivity contribution >= 4 is 62.9 Å². The van der Waals surface area contributed by atoms with E-state index < -0.39 is 11.5 Å². The fourth-order valence-corrected chi connectivity index (χ4v) is 3.65. The van der Waals surface area contributed by atoms with E-state index in [1.165, 1.54) is 22.7 Å². The van der Waals surface area contributed by atoms with Crippen molar-refractivity contribution in [1.29, 1.82) is 0 Å². The molecular formula is C14H12N6O3S3. The van der Waals surface area contributed by atoms with E-state index in [0.717, 1.165) is 11.8 Å². The summed E-state index contributed by atoms with van der Waals surface area (Å²) in [6, 6.07) is 3.35. The molecule has 0 aliphatic heterocycles. The molecule has 0 saturated heterocycles. The first-order valence-electron chi connectivity index (χ1n) is 7.09. The van der Waals surface area contributed by atoms with Gasteiger partial charge in [-0.05, 0) is 11.4 Å². The van der Waals surface area contributed by atoms with E-state index in [2.05, 4.69) is 25.6 Å². The first-order valence-corrected chi connectivity index (χ1v) is 9.84. The minimum atomic E-state index is -0.592. The molecule has 0 radical (unpaired) electrons. The summed E-state index contributed by atoms with van der Waals surface area (Å²) in [6.45, 7) is 0. The highest BCUT2D eigenvalue weighted by molar-refractivity contribution is 7.99. The Labute approximate surface area is 159 Å². The summed E-state index contributed by atoms with van der Waals surface area (Å²) in [5.74, 6) is -0.840. The van der Waals surface area contributed by atoms with Gasteiger partial charge in [-0.25, -0.2) is 9.97 Å². The van der Waals surface area contributed by atoms with Gasteiger partial charge in [-0.2, -0.15) is 0 Å². The molecule has 134 valence electrons. The van der Waals surface area contributed by atoms with Crippen LogP contribution in [0.5, 0.6) is 0 Å². The summed E-state index contributed by atoms with van der Waals surface area (Å²) in [7, 11) is 0. The van der Waals surface area contributed by atoms with Crippen LogP contribution in [0.1, 0.15) is 9.67 Å². The number of aromatic amines is 1. The Morgan fingerprint density at radius 1 is 1.27 bits per heavy atom. The Kier molecular flexibility index (Phi) is 5.65. The molecular weight excluding hydrogens is 396 g/mol. The van der Waals surface area contributed by atoms with Crippen LogP contribution in [-0.4, -0.2) is 32.5 Å². The van der Waals surface area contributed by atoms with Crippen molar-refractivity contribution in [3.8, 4) is 0 Å². The Balaban J connectivity index is 1.64. The smallest absolute Gasteiger partial charge is 0.277 e. The van der Waals surface area contributed by atoms with Crippen LogP contribution in [0, 0.1) is 0 Å². The molecule has 0 aromatic carbocycles. The number of hydrogen-bond donors (Lipinski definition) is 4. The van der Waals surface area contributed by atoms with E-state index >= 15 is 0 Å². The third-order valence-electron chi connectivity index (χ3n) is 2.93. The number of thiophene rings is 1. The zero-order chi connectivity index (χ0) is 18.5. The minimum absolute atomic E-state index is 0.0167. The molecule has 9 nitrogen and oxygen atoms in total. The molecule has 2 amide bonds. The second-order valence-corrected chi connectivity index (χ2v) is 7.54. The van der Waals surface area contributed by atoms with Crippen molar-refractivity contribution in [2.45, 2.75) is 5.16 Å². The van der Waals surface area contributed by atoms with Crippen molar-refractivity contribution in [1.82, 2.24) is 15.0 Å². The Morgan fingerprint density at radius 3 is 2.77 bits per heavy atom. The van der Waals surface area contributed by atoms with Crippen LogP contribution in [0.15, 0.2) is 39.0 Å². The zero-order valence-corrected chi connectivity index (χ0v) is 15.5. The number of H-pyrrole nitrogens is 1. The lowest BCUT2D eigenvalue weighted by Crippen LogP contribution is -2.23. The van der Waals surface area contributed by atoms with E-state index in [-0.39, 0.29) is 28.3 Å². The predicted molar refractivity (Wildman–Crippen MR) is 103 cm³/mol. The molecule has 0 atom stereocenters. The second kappa shape index (κ2) is 8.12. The monoisotopic (exact) mass is 408 g/mol. The number of rotatable bonds is 6. The molecule has 0 unspecified atom stereocenters. The molecule has 0 spiro atoms. The maximum atomic E-state index is 12.2. The van der Waals surface area contributed by atoms with Crippen molar-refractivity contribution in [2.24, 2.45) is 0 Å². The van der Waals surface area contributed by atoms with Gasteiger partial charge in [0.1, 0.15) is 0 Å². The Hall–Kier alpha value is -2.70. The number of nitrogens with two attached hydrogens (primary N) is 1. The molecule has 0 bridgehead atoms. The van der Waals surface area contributed by atoms with Crippen LogP contribution in [0.2, 0.25) is 0 Å². The van der Waals surface area contributed by atoms with Crippen molar-refractivity contribution in [3.05, 3.63) is 44.3 Å².